The summed E-state index contributed by atoms with van der Waals surface area (Å²) in [7, 11) is 0. The predicted molar refractivity (Wildman–Crippen MR) is 75.6 cm³/mol. The maximum Gasteiger partial charge on any atom is 0.188 e. The van der Waals surface area contributed by atoms with Crippen molar-refractivity contribution in [3.05, 3.63) is 42.2 Å². The number of oxime groups is 1. The van der Waals surface area contributed by atoms with Crippen LogP contribution >= 0.6 is 0 Å². The molecule has 0 aliphatic carbocycles. The fraction of sp³-hybridized carbons (Fsp3) is 0.0833. The third-order valence-corrected chi connectivity index (χ3v) is 2.98. The molecule has 0 aromatic carbocycles. The Morgan fingerprint density at radius 2 is 2.14 bits per heavy atom. The van der Waals surface area contributed by atoms with Crippen LogP contribution < -0.4 is 11.5 Å². The van der Waals surface area contributed by atoms with Crippen LogP contribution in [-0.4, -0.2) is 35.5 Å². The number of nitrogen functional groups attached to an aromatic ring is 1. The summed E-state index contributed by atoms with van der Waals surface area (Å²) in [6.45, 7) is 0.501. The van der Waals surface area contributed by atoms with E-state index in [0.717, 1.165) is 5.56 Å². The summed E-state index contributed by atoms with van der Waals surface area (Å²) in [6.07, 6.45) is 4.62. The minimum Gasteiger partial charge on any atom is -0.409 e. The van der Waals surface area contributed by atoms with Crippen molar-refractivity contribution >= 4 is 22.8 Å². The van der Waals surface area contributed by atoms with Crippen molar-refractivity contribution < 1.29 is 5.21 Å². The van der Waals surface area contributed by atoms with Gasteiger partial charge in [0.05, 0.1) is 12.9 Å². The highest BCUT2D eigenvalue weighted by Crippen LogP contribution is 2.15. The summed E-state index contributed by atoms with van der Waals surface area (Å²) in [5.41, 5.74) is 13.8. The fourth-order valence-electron chi connectivity index (χ4n) is 1.98. The fourth-order valence-corrected chi connectivity index (χ4v) is 1.98. The first-order chi connectivity index (χ1) is 10.2. The summed E-state index contributed by atoms with van der Waals surface area (Å²) in [6, 6.07) is 3.55. The molecule has 0 atom stereocenters. The zero-order valence-corrected chi connectivity index (χ0v) is 10.9. The number of rotatable bonds is 3. The van der Waals surface area contributed by atoms with Gasteiger partial charge >= 0.3 is 0 Å². The Morgan fingerprint density at radius 1 is 1.29 bits per heavy atom. The van der Waals surface area contributed by atoms with E-state index in [1.54, 1.807) is 18.6 Å². The molecule has 106 valence electrons. The minimum absolute atomic E-state index is 0.0427. The van der Waals surface area contributed by atoms with Crippen molar-refractivity contribution in [2.45, 2.75) is 6.54 Å². The van der Waals surface area contributed by atoms with Crippen LogP contribution in [0, 0.1) is 0 Å². The Labute approximate surface area is 119 Å². The first-order valence-electron chi connectivity index (χ1n) is 6.03. The van der Waals surface area contributed by atoms with Crippen LogP contribution in [-0.2, 0) is 6.54 Å². The Hall–Kier alpha value is -3.23. The number of anilines is 1. The second kappa shape index (κ2) is 5.04. The lowest BCUT2D eigenvalue weighted by molar-refractivity contribution is 0.318. The van der Waals surface area contributed by atoms with Crippen LogP contribution in [0.25, 0.3) is 11.2 Å². The number of amidine groups is 1. The lowest BCUT2D eigenvalue weighted by atomic mass is 10.2. The average molecular weight is 284 g/mol. The molecule has 5 N–H and O–H groups in total. The van der Waals surface area contributed by atoms with Gasteiger partial charge in [-0.05, 0) is 17.7 Å². The normalized spacial score (nSPS) is 11.9. The number of pyridine rings is 1. The molecule has 21 heavy (non-hydrogen) atoms. The molecular weight excluding hydrogens is 272 g/mol. The van der Waals surface area contributed by atoms with E-state index < -0.39 is 0 Å². The summed E-state index contributed by atoms with van der Waals surface area (Å²) < 4.78 is 1.83. The van der Waals surface area contributed by atoms with Crippen LogP contribution in [0.5, 0.6) is 0 Å². The van der Waals surface area contributed by atoms with Crippen molar-refractivity contribution in [1.82, 2.24) is 24.5 Å². The van der Waals surface area contributed by atoms with Gasteiger partial charge in [-0.2, -0.15) is 0 Å². The van der Waals surface area contributed by atoms with Gasteiger partial charge in [0.15, 0.2) is 17.3 Å². The summed E-state index contributed by atoms with van der Waals surface area (Å²) in [5.74, 6) is 0.296. The van der Waals surface area contributed by atoms with E-state index in [2.05, 4.69) is 25.1 Å². The minimum atomic E-state index is -0.0427. The topological polar surface area (TPSA) is 141 Å². The molecule has 0 saturated heterocycles. The number of aromatic nitrogens is 5. The average Bonchev–Trinajstić information content (AvgIpc) is 2.91. The number of imidazole rings is 1. The van der Waals surface area contributed by atoms with E-state index in [1.165, 1.54) is 6.33 Å². The number of fused-ring (bicyclic) bond motifs is 1. The molecule has 9 heteroatoms. The largest absolute Gasteiger partial charge is 0.409 e. The molecule has 0 aliphatic heterocycles. The van der Waals surface area contributed by atoms with Gasteiger partial charge in [0.25, 0.3) is 0 Å². The van der Waals surface area contributed by atoms with Gasteiger partial charge in [-0.3, -0.25) is 4.98 Å². The highest BCUT2D eigenvalue weighted by molar-refractivity contribution is 5.95. The van der Waals surface area contributed by atoms with Crippen molar-refractivity contribution in [3.8, 4) is 0 Å². The molecule has 0 aliphatic rings. The second-order valence-electron chi connectivity index (χ2n) is 4.34. The van der Waals surface area contributed by atoms with Gasteiger partial charge in [0.1, 0.15) is 17.5 Å². The zero-order chi connectivity index (χ0) is 14.8. The van der Waals surface area contributed by atoms with Crippen molar-refractivity contribution in [3.63, 3.8) is 0 Å². The third-order valence-electron chi connectivity index (χ3n) is 2.98. The smallest absolute Gasteiger partial charge is 0.188 e. The number of nitrogens with two attached hydrogens (primary N) is 2. The molecule has 0 bridgehead atoms. The third kappa shape index (κ3) is 2.31. The molecule has 0 spiro atoms. The quantitative estimate of drug-likeness (QED) is 0.265. The standard InChI is InChI=1S/C12H12N8O/c13-10(19-21)8-3-7(1-2-15-8)4-20-6-18-9-11(14)16-5-17-12(9)20/h1-3,5-6,21H,4H2,(H2,13,19)(H2,14,16,17). The molecule has 0 amide bonds. The second-order valence-corrected chi connectivity index (χ2v) is 4.34. The Morgan fingerprint density at radius 3 is 2.95 bits per heavy atom. The number of hydrogen-bond acceptors (Lipinski definition) is 7. The van der Waals surface area contributed by atoms with E-state index in [9.17, 15) is 0 Å². The molecule has 3 rings (SSSR count). The maximum atomic E-state index is 8.68. The van der Waals surface area contributed by atoms with Gasteiger partial charge in [0, 0.05) is 6.20 Å². The summed E-state index contributed by atoms with van der Waals surface area (Å²) >= 11 is 0. The Balaban J connectivity index is 1.97. The van der Waals surface area contributed by atoms with Gasteiger partial charge < -0.3 is 21.2 Å². The van der Waals surface area contributed by atoms with Gasteiger partial charge in [-0.15, -0.1) is 0 Å². The first-order valence-corrected chi connectivity index (χ1v) is 6.03. The van der Waals surface area contributed by atoms with Crippen LogP contribution in [0.2, 0.25) is 0 Å². The van der Waals surface area contributed by atoms with E-state index in [4.69, 9.17) is 16.7 Å². The predicted octanol–water partition coefficient (Wildman–Crippen LogP) is -0.0537. The van der Waals surface area contributed by atoms with Crippen LogP contribution in [0.3, 0.4) is 0 Å². The SMILES string of the molecule is NC(=NO)c1cc(Cn2cnc3c(N)ncnc32)ccn1. The van der Waals surface area contributed by atoms with Crippen molar-refractivity contribution in [2.24, 2.45) is 10.9 Å². The first kappa shape index (κ1) is 12.8. The molecule has 0 radical (unpaired) electrons. The number of nitrogens with zero attached hydrogens (tertiary/aromatic N) is 6. The van der Waals surface area contributed by atoms with Gasteiger partial charge in [0.2, 0.25) is 0 Å². The molecule has 3 aromatic heterocycles. The molecule has 3 aromatic rings. The van der Waals surface area contributed by atoms with Crippen molar-refractivity contribution in [2.75, 3.05) is 5.73 Å². The summed E-state index contributed by atoms with van der Waals surface area (Å²) in [5, 5.41) is 11.6. The monoisotopic (exact) mass is 284 g/mol. The lowest BCUT2D eigenvalue weighted by Gasteiger charge is -2.05. The highest BCUT2D eigenvalue weighted by atomic mass is 16.4. The lowest BCUT2D eigenvalue weighted by Crippen LogP contribution is -2.15. The maximum absolute atomic E-state index is 8.68. The Kier molecular flexibility index (Phi) is 3.07. The zero-order valence-electron chi connectivity index (χ0n) is 10.9. The molecule has 0 unspecified atom stereocenters. The molecule has 3 heterocycles. The van der Waals surface area contributed by atoms with E-state index >= 15 is 0 Å². The summed E-state index contributed by atoms with van der Waals surface area (Å²) in [4.78, 5) is 16.3. The van der Waals surface area contributed by atoms with E-state index in [0.29, 0.717) is 29.2 Å². The molecule has 9 nitrogen and oxygen atoms in total. The van der Waals surface area contributed by atoms with Gasteiger partial charge in [-0.25, -0.2) is 15.0 Å². The van der Waals surface area contributed by atoms with Crippen molar-refractivity contribution in [1.29, 1.82) is 0 Å². The molecular formula is C12H12N8O. The van der Waals surface area contributed by atoms with Crippen LogP contribution in [0.1, 0.15) is 11.3 Å². The van der Waals surface area contributed by atoms with Gasteiger partial charge in [-0.1, -0.05) is 5.16 Å². The molecule has 0 saturated carbocycles. The number of hydrogen-bond donors (Lipinski definition) is 3. The van der Waals surface area contributed by atoms with Crippen LogP contribution in [0.15, 0.2) is 36.1 Å². The Bertz CT molecular complexity index is 825. The van der Waals surface area contributed by atoms with E-state index in [1.807, 2.05) is 10.6 Å². The van der Waals surface area contributed by atoms with E-state index in [-0.39, 0.29) is 5.84 Å². The molecule has 0 fully saturated rings. The van der Waals surface area contributed by atoms with Crippen LogP contribution in [0.4, 0.5) is 5.82 Å². The highest BCUT2D eigenvalue weighted by Gasteiger charge is 2.09.